The second kappa shape index (κ2) is 11.9. The summed E-state index contributed by atoms with van der Waals surface area (Å²) in [6, 6.07) is 21.2. The number of alkyl halides is 12. The quantitative estimate of drug-likeness (QED) is 0.124. The average molecular weight is 793 g/mol. The van der Waals surface area contributed by atoms with Gasteiger partial charge in [-0.15, -0.1) is 0 Å². The van der Waals surface area contributed by atoms with Crippen LogP contribution in [-0.2, 0) is 24.7 Å². The van der Waals surface area contributed by atoms with Gasteiger partial charge in [-0.25, -0.2) is 0 Å². The van der Waals surface area contributed by atoms with Gasteiger partial charge in [0.1, 0.15) is 0 Å². The molecule has 0 nitrogen and oxygen atoms in total. The van der Waals surface area contributed by atoms with Crippen molar-refractivity contribution < 1.29 is 52.7 Å². The fourth-order valence-electron chi connectivity index (χ4n) is 6.13. The average Bonchev–Trinajstić information content (AvgIpc) is 3.02. The van der Waals surface area contributed by atoms with Crippen LogP contribution in [0.1, 0.15) is 27.8 Å². The first-order valence-electron chi connectivity index (χ1n) is 14.0. The van der Waals surface area contributed by atoms with Crippen LogP contribution in [0.15, 0.2) is 121 Å². The first kappa shape index (κ1) is 35.4. The summed E-state index contributed by atoms with van der Waals surface area (Å²) < 4.78 is 166. The summed E-state index contributed by atoms with van der Waals surface area (Å²) in [7, 11) is 0. The maximum atomic E-state index is 13.8. The van der Waals surface area contributed by atoms with Gasteiger partial charge in [-0.1, -0.05) is 0 Å². The zero-order valence-electron chi connectivity index (χ0n) is 24.5. The summed E-state index contributed by atoms with van der Waals surface area (Å²) in [5.41, 5.74) is -3.66. The topological polar surface area (TPSA) is 0 Å². The fraction of sp³-hybridized carbons (Fsp3) is 0.143. The second-order valence-corrected chi connectivity index (χ2v) is 24.9. The summed E-state index contributed by atoms with van der Waals surface area (Å²) in [5, 5.41) is 0. The van der Waals surface area contributed by atoms with Crippen LogP contribution in [0.2, 0.25) is 0 Å². The van der Waals surface area contributed by atoms with Crippen LogP contribution in [0.25, 0.3) is 0 Å². The number of halogens is 12. The predicted molar refractivity (Wildman–Crippen MR) is 161 cm³/mol. The van der Waals surface area contributed by atoms with Crippen molar-refractivity contribution in [3.63, 3.8) is 0 Å². The molecule has 0 radical (unpaired) electrons. The summed E-state index contributed by atoms with van der Waals surface area (Å²) in [6.07, 6.45) is -19.3. The van der Waals surface area contributed by atoms with E-state index in [4.69, 9.17) is 0 Å². The molecule has 0 N–H and O–H groups in total. The third kappa shape index (κ3) is 5.86. The summed E-state index contributed by atoms with van der Waals surface area (Å²) in [6.45, 7) is 1.71. The molecule has 5 aromatic carbocycles. The molecular formula is C35H23F12Sb. The van der Waals surface area contributed by atoms with Gasteiger partial charge in [0.25, 0.3) is 0 Å². The Labute approximate surface area is 267 Å². The van der Waals surface area contributed by atoms with E-state index in [1.165, 1.54) is 0 Å². The van der Waals surface area contributed by atoms with E-state index in [-0.39, 0.29) is 14.0 Å². The summed E-state index contributed by atoms with van der Waals surface area (Å²) in [5.74, 6) is 0. The van der Waals surface area contributed by atoms with Crippen molar-refractivity contribution in [3.8, 4) is 0 Å². The molecule has 0 atom stereocenters. The molecule has 0 amide bonds. The minimum absolute atomic E-state index is 0.0962. The molecule has 0 spiro atoms. The Hall–Kier alpha value is -3.92. The molecule has 0 bridgehead atoms. The van der Waals surface area contributed by atoms with E-state index in [1.54, 1.807) is 31.2 Å². The van der Waals surface area contributed by atoms with Gasteiger partial charge in [0, 0.05) is 0 Å². The van der Waals surface area contributed by atoms with Crippen molar-refractivity contribution in [2.45, 2.75) is 31.6 Å². The van der Waals surface area contributed by atoms with Crippen molar-refractivity contribution in [1.29, 1.82) is 0 Å². The molecule has 48 heavy (non-hydrogen) atoms. The molecule has 0 saturated heterocycles. The SMILES string of the molecule is Cc1cc[c]([Sb]([c]2ccc(C(F)(F)F)cc2)([c]2ccc(C(F)(F)F)cc2)([c]2ccc(C(F)(F)F)cc2)[c]2ccc(C(F)(F)F)cc2)cc1. The Kier molecular flexibility index (Phi) is 8.77. The van der Waals surface area contributed by atoms with E-state index in [1.807, 2.05) is 0 Å². The molecular weight excluding hydrogens is 770 g/mol. The Morgan fingerprint density at radius 1 is 0.292 bits per heavy atom. The van der Waals surface area contributed by atoms with Gasteiger partial charge in [0.15, 0.2) is 0 Å². The third-order valence-electron chi connectivity index (χ3n) is 8.39. The number of rotatable bonds is 5. The van der Waals surface area contributed by atoms with Crippen LogP contribution in [0, 0.1) is 6.92 Å². The zero-order valence-corrected chi connectivity index (χ0v) is 27.1. The normalized spacial score (nSPS) is 14.0. The molecule has 0 aromatic heterocycles. The monoisotopic (exact) mass is 792 g/mol. The molecule has 13 heteroatoms. The Morgan fingerprint density at radius 2 is 0.458 bits per heavy atom. The van der Waals surface area contributed by atoms with E-state index in [0.717, 1.165) is 97.1 Å². The van der Waals surface area contributed by atoms with Crippen LogP contribution < -0.4 is 17.6 Å². The number of aryl methyl sites for hydroxylation is 1. The number of hydrogen-bond acceptors (Lipinski definition) is 0. The van der Waals surface area contributed by atoms with Gasteiger partial charge in [-0.05, 0) is 0 Å². The maximum absolute atomic E-state index is 13.8. The molecule has 5 aromatic rings. The van der Waals surface area contributed by atoms with E-state index < -0.39 is 64.4 Å². The Morgan fingerprint density at radius 3 is 0.625 bits per heavy atom. The van der Waals surface area contributed by atoms with Gasteiger partial charge in [-0.2, -0.15) is 0 Å². The molecule has 0 saturated carbocycles. The Bertz CT molecular complexity index is 1640. The number of hydrogen-bond donors (Lipinski definition) is 0. The van der Waals surface area contributed by atoms with Gasteiger partial charge in [0.05, 0.1) is 0 Å². The standard InChI is InChI=1S/4C7H4F3.C7H7.Sb/c4*8-7(9,10)6-4-2-1-3-5-6;1-7-5-3-2-4-6-7;/h4*2-5H;3-6H,1H3;. The van der Waals surface area contributed by atoms with Gasteiger partial charge in [-0.3, -0.25) is 0 Å². The van der Waals surface area contributed by atoms with E-state index in [2.05, 4.69) is 0 Å². The third-order valence-corrected chi connectivity index (χ3v) is 27.4. The molecule has 0 heterocycles. The molecule has 5 rings (SSSR count). The van der Waals surface area contributed by atoms with E-state index in [0.29, 0.717) is 9.07 Å². The van der Waals surface area contributed by atoms with Crippen molar-refractivity contribution >= 4 is 34.9 Å². The van der Waals surface area contributed by atoms with Gasteiger partial charge in [0.2, 0.25) is 0 Å². The van der Waals surface area contributed by atoms with Crippen LogP contribution in [0.5, 0.6) is 0 Å². The van der Waals surface area contributed by atoms with Crippen molar-refractivity contribution in [2.75, 3.05) is 0 Å². The minimum atomic E-state index is -6.40. The van der Waals surface area contributed by atoms with E-state index in [9.17, 15) is 52.7 Å². The second-order valence-electron chi connectivity index (χ2n) is 11.1. The van der Waals surface area contributed by atoms with Crippen LogP contribution in [0.4, 0.5) is 52.7 Å². The molecule has 0 unspecified atom stereocenters. The summed E-state index contributed by atoms with van der Waals surface area (Å²) >= 11 is -6.40. The Balaban J connectivity index is 2.08. The number of benzene rings is 5. The van der Waals surface area contributed by atoms with Crippen molar-refractivity contribution in [3.05, 3.63) is 149 Å². The molecule has 0 aliphatic heterocycles. The molecule has 0 fully saturated rings. The van der Waals surface area contributed by atoms with Gasteiger partial charge < -0.3 is 0 Å². The van der Waals surface area contributed by atoms with Crippen molar-refractivity contribution in [1.82, 2.24) is 0 Å². The fourth-order valence-corrected chi connectivity index (χ4v) is 25.3. The zero-order chi connectivity index (χ0) is 35.4. The van der Waals surface area contributed by atoms with Crippen LogP contribution in [0.3, 0.4) is 0 Å². The van der Waals surface area contributed by atoms with E-state index >= 15 is 0 Å². The van der Waals surface area contributed by atoms with Gasteiger partial charge >= 0.3 is 268 Å². The summed E-state index contributed by atoms with van der Waals surface area (Å²) in [4.78, 5) is 0. The predicted octanol–water partition coefficient (Wildman–Crippen LogP) is 8.31. The first-order valence-corrected chi connectivity index (χ1v) is 20.4. The van der Waals surface area contributed by atoms with Crippen LogP contribution >= 0.6 is 0 Å². The molecule has 0 aliphatic carbocycles. The molecule has 252 valence electrons. The van der Waals surface area contributed by atoms with Crippen molar-refractivity contribution in [2.24, 2.45) is 0 Å². The first-order chi connectivity index (χ1) is 22.2. The molecule has 0 aliphatic rings. The van der Waals surface area contributed by atoms with Crippen LogP contribution in [-0.4, -0.2) is 17.4 Å².